The van der Waals surface area contributed by atoms with Gasteiger partial charge in [0, 0.05) is 51.5 Å². The van der Waals surface area contributed by atoms with Gasteiger partial charge < -0.3 is 10.1 Å². The first-order valence-corrected chi connectivity index (χ1v) is 8.98. The largest absolute Gasteiger partial charge is 0.372 e. The molecule has 2 aliphatic carbocycles. The van der Waals surface area contributed by atoms with Gasteiger partial charge in [0.15, 0.2) is 0 Å². The first kappa shape index (κ1) is 15.8. The second-order valence-corrected chi connectivity index (χ2v) is 8.05. The first-order chi connectivity index (χ1) is 11.0. The number of carbonyl (C=O) groups is 1. The number of rotatable bonds is 6. The third-order valence-corrected chi connectivity index (χ3v) is 6.05. The molecule has 130 valence electrons. The van der Waals surface area contributed by atoms with Crippen LogP contribution in [-0.4, -0.2) is 55.1 Å². The number of hydrogen-bond donors (Lipinski definition) is 1. The molecule has 2 heterocycles. The van der Waals surface area contributed by atoms with Gasteiger partial charge in [-0.05, 0) is 37.5 Å². The maximum atomic E-state index is 12.8. The molecule has 1 atom stereocenters. The van der Waals surface area contributed by atoms with Gasteiger partial charge in [-0.1, -0.05) is 0 Å². The third-order valence-electron chi connectivity index (χ3n) is 6.05. The molecule has 4 aliphatic rings. The Balaban J connectivity index is 1.18. The number of hydrogen-bond acceptors (Lipinski definition) is 3. The van der Waals surface area contributed by atoms with E-state index in [9.17, 15) is 13.6 Å². The maximum Gasteiger partial charge on any atom is 0.249 e. The van der Waals surface area contributed by atoms with Crippen molar-refractivity contribution >= 4 is 5.91 Å². The molecule has 2 saturated heterocycles. The first-order valence-electron chi connectivity index (χ1n) is 8.98. The normalized spacial score (nSPS) is 32.5. The van der Waals surface area contributed by atoms with Crippen molar-refractivity contribution in [3.8, 4) is 0 Å². The summed E-state index contributed by atoms with van der Waals surface area (Å²) in [7, 11) is 0. The van der Waals surface area contributed by atoms with Crippen molar-refractivity contribution in [2.45, 2.75) is 50.0 Å². The highest BCUT2D eigenvalue weighted by Crippen LogP contribution is 2.44. The molecule has 1 N–H and O–H groups in total. The number of likely N-dealkylation sites (tertiary alicyclic amines) is 1. The van der Waals surface area contributed by atoms with Gasteiger partial charge in [0.2, 0.25) is 11.8 Å². The Morgan fingerprint density at radius 2 is 1.96 bits per heavy atom. The van der Waals surface area contributed by atoms with Crippen LogP contribution < -0.4 is 5.32 Å². The molecule has 2 aliphatic heterocycles. The lowest BCUT2D eigenvalue weighted by molar-refractivity contribution is -0.150. The van der Waals surface area contributed by atoms with Crippen molar-refractivity contribution in [3.63, 3.8) is 0 Å². The lowest BCUT2D eigenvalue weighted by Crippen LogP contribution is -2.65. The Morgan fingerprint density at radius 1 is 1.22 bits per heavy atom. The van der Waals surface area contributed by atoms with Gasteiger partial charge >= 0.3 is 0 Å². The minimum Gasteiger partial charge on any atom is -0.372 e. The molecule has 0 unspecified atom stereocenters. The zero-order valence-electron chi connectivity index (χ0n) is 13.5. The van der Waals surface area contributed by atoms with Crippen LogP contribution in [0.4, 0.5) is 8.78 Å². The summed E-state index contributed by atoms with van der Waals surface area (Å²) in [6.07, 6.45) is 4.12. The second kappa shape index (κ2) is 5.66. The van der Waals surface area contributed by atoms with Crippen LogP contribution in [0.2, 0.25) is 0 Å². The van der Waals surface area contributed by atoms with E-state index in [4.69, 9.17) is 4.74 Å². The quantitative estimate of drug-likeness (QED) is 0.811. The van der Waals surface area contributed by atoms with E-state index in [1.54, 1.807) is 0 Å². The smallest absolute Gasteiger partial charge is 0.249 e. The van der Waals surface area contributed by atoms with Crippen molar-refractivity contribution in [3.05, 3.63) is 0 Å². The standard InChI is InChI=1S/C17H26F2N2O2/c18-17(19)7-13(8-17)15(22)20-5-3-14-4-6-23-16(14)10-21(11-16)9-12-1-2-12/h12-14H,1-11H2,(H,20,22)/t14-/m1/s1. The minimum atomic E-state index is -2.62. The number of carbonyl (C=O) groups excluding carboxylic acids is 1. The Labute approximate surface area is 135 Å². The number of nitrogens with one attached hydrogen (secondary N) is 1. The number of amides is 1. The number of alkyl halides is 2. The van der Waals surface area contributed by atoms with Crippen LogP contribution in [0, 0.1) is 17.8 Å². The van der Waals surface area contributed by atoms with Gasteiger partial charge in [0.1, 0.15) is 0 Å². The molecular formula is C17H26F2N2O2. The van der Waals surface area contributed by atoms with Gasteiger partial charge in [-0.2, -0.15) is 0 Å². The van der Waals surface area contributed by atoms with Crippen LogP contribution in [0.25, 0.3) is 0 Å². The molecule has 1 spiro atoms. The Bertz CT molecular complexity index is 467. The highest BCUT2D eigenvalue weighted by atomic mass is 19.3. The van der Waals surface area contributed by atoms with Gasteiger partial charge in [0.25, 0.3) is 0 Å². The maximum absolute atomic E-state index is 12.8. The van der Waals surface area contributed by atoms with Crippen molar-refractivity contribution in [2.24, 2.45) is 17.8 Å². The Hall–Kier alpha value is -0.750. The summed E-state index contributed by atoms with van der Waals surface area (Å²) in [5.74, 6) is -1.92. The molecule has 4 rings (SSSR count). The topological polar surface area (TPSA) is 41.6 Å². The van der Waals surface area contributed by atoms with Gasteiger partial charge in [-0.3, -0.25) is 9.69 Å². The molecule has 4 fully saturated rings. The highest BCUT2D eigenvalue weighted by molar-refractivity contribution is 5.79. The molecule has 0 radical (unpaired) electrons. The fraction of sp³-hybridized carbons (Fsp3) is 0.941. The predicted molar refractivity (Wildman–Crippen MR) is 81.3 cm³/mol. The molecule has 2 saturated carbocycles. The van der Waals surface area contributed by atoms with Crippen molar-refractivity contribution in [2.75, 3.05) is 32.8 Å². The summed E-state index contributed by atoms with van der Waals surface area (Å²) in [5, 5.41) is 2.85. The van der Waals surface area contributed by atoms with E-state index in [-0.39, 0.29) is 24.3 Å². The zero-order chi connectivity index (χ0) is 16.1. The minimum absolute atomic E-state index is 0.00309. The summed E-state index contributed by atoms with van der Waals surface area (Å²) < 4.78 is 31.6. The van der Waals surface area contributed by atoms with E-state index < -0.39 is 11.8 Å². The molecule has 1 amide bonds. The molecule has 6 heteroatoms. The van der Waals surface area contributed by atoms with E-state index in [1.165, 1.54) is 19.4 Å². The van der Waals surface area contributed by atoms with Gasteiger partial charge in [0.05, 0.1) is 5.60 Å². The van der Waals surface area contributed by atoms with E-state index in [0.717, 1.165) is 38.5 Å². The monoisotopic (exact) mass is 328 g/mol. The molecule has 23 heavy (non-hydrogen) atoms. The zero-order valence-corrected chi connectivity index (χ0v) is 13.5. The molecule has 0 aromatic carbocycles. The lowest BCUT2D eigenvalue weighted by Gasteiger charge is -2.50. The molecule has 0 aromatic rings. The van der Waals surface area contributed by atoms with Crippen molar-refractivity contribution in [1.82, 2.24) is 10.2 Å². The lowest BCUT2D eigenvalue weighted by atomic mass is 9.78. The molecule has 4 nitrogen and oxygen atoms in total. The average molecular weight is 328 g/mol. The van der Waals surface area contributed by atoms with Crippen LogP contribution in [-0.2, 0) is 9.53 Å². The summed E-state index contributed by atoms with van der Waals surface area (Å²) in [6.45, 7) is 4.66. The Kier molecular flexibility index (Phi) is 3.88. The van der Waals surface area contributed by atoms with Crippen LogP contribution in [0.15, 0.2) is 0 Å². The van der Waals surface area contributed by atoms with Crippen LogP contribution in [0.3, 0.4) is 0 Å². The summed E-state index contributed by atoms with van der Waals surface area (Å²) in [5.41, 5.74) is 0.00309. The Morgan fingerprint density at radius 3 is 2.61 bits per heavy atom. The summed E-state index contributed by atoms with van der Waals surface area (Å²) >= 11 is 0. The molecule has 0 aromatic heterocycles. The number of halogens is 2. The average Bonchev–Trinajstić information content (AvgIpc) is 3.14. The molecular weight excluding hydrogens is 302 g/mol. The fourth-order valence-corrected chi connectivity index (χ4v) is 4.41. The van der Waals surface area contributed by atoms with E-state index in [1.807, 2.05) is 0 Å². The number of nitrogens with zero attached hydrogens (tertiary/aromatic N) is 1. The second-order valence-electron chi connectivity index (χ2n) is 8.05. The third kappa shape index (κ3) is 3.25. The number of ether oxygens (including phenoxy) is 1. The van der Waals surface area contributed by atoms with Crippen LogP contribution in [0.1, 0.15) is 38.5 Å². The van der Waals surface area contributed by atoms with Gasteiger partial charge in [-0.15, -0.1) is 0 Å². The summed E-state index contributed by atoms with van der Waals surface area (Å²) in [6, 6.07) is 0. The van der Waals surface area contributed by atoms with Crippen molar-refractivity contribution < 1.29 is 18.3 Å². The van der Waals surface area contributed by atoms with E-state index in [2.05, 4.69) is 10.2 Å². The highest BCUT2D eigenvalue weighted by Gasteiger charge is 2.53. The predicted octanol–water partition coefficient (Wildman–Crippen LogP) is 2.04. The fourth-order valence-electron chi connectivity index (χ4n) is 4.41. The van der Waals surface area contributed by atoms with Gasteiger partial charge in [-0.25, -0.2) is 8.78 Å². The van der Waals surface area contributed by atoms with Crippen LogP contribution >= 0.6 is 0 Å². The van der Waals surface area contributed by atoms with Crippen molar-refractivity contribution in [1.29, 1.82) is 0 Å². The summed E-state index contributed by atoms with van der Waals surface area (Å²) in [4.78, 5) is 14.3. The SMILES string of the molecule is O=C(NCC[C@@H]1CCOC12CN(CC1CC1)C2)C1CC(F)(F)C1. The van der Waals surface area contributed by atoms with E-state index >= 15 is 0 Å². The van der Waals surface area contributed by atoms with E-state index in [0.29, 0.717) is 12.5 Å². The van der Waals surface area contributed by atoms with Crippen LogP contribution in [0.5, 0.6) is 0 Å². The molecule has 0 bridgehead atoms.